The van der Waals surface area contributed by atoms with Crippen molar-refractivity contribution in [1.29, 1.82) is 0 Å². The highest BCUT2D eigenvalue weighted by Gasteiger charge is 2.20. The molecule has 62 valence electrons. The molecule has 0 saturated carbocycles. The van der Waals surface area contributed by atoms with Gasteiger partial charge in [0.25, 0.3) is 0 Å². The number of esters is 1. The summed E-state index contributed by atoms with van der Waals surface area (Å²) in [6.45, 7) is 0. The number of hydrogen-bond donors (Lipinski definition) is 2. The molecule has 0 aromatic heterocycles. The van der Waals surface area contributed by atoms with Crippen LogP contribution in [-0.4, -0.2) is 29.8 Å². The number of nitrogens with two attached hydrogens (primary N) is 1. The molecular weight excluding hydrogens is 181 g/mol. The third-order valence-corrected chi connectivity index (χ3v) is 1.04. The Bertz CT molecular complexity index is 109. The number of hydrogen-bond acceptors (Lipinski definition) is 4. The van der Waals surface area contributed by atoms with Crippen molar-refractivity contribution >= 4 is 30.0 Å². The van der Waals surface area contributed by atoms with Crippen LogP contribution in [0.1, 0.15) is 0 Å². The first-order valence-electron chi connectivity index (χ1n) is 2.25. The second-order valence-corrected chi connectivity index (χ2v) is 1.87. The van der Waals surface area contributed by atoms with Gasteiger partial charge in [0.15, 0.2) is 5.56 Å². The van der Waals surface area contributed by atoms with E-state index in [1.807, 2.05) is 0 Å². The molecule has 0 aliphatic rings. The van der Waals surface area contributed by atoms with Gasteiger partial charge < -0.3 is 15.6 Å². The number of carbonyl (C=O) groups excluding carboxylic acids is 1. The highest BCUT2D eigenvalue weighted by atomic mass is 35.5. The molecule has 0 aromatic carbocycles. The van der Waals surface area contributed by atoms with Crippen LogP contribution in [0.25, 0.3) is 0 Å². The number of alkyl halides is 1. The number of methoxy groups -OCH3 is 1. The number of rotatable bonds is 2. The Morgan fingerprint density at radius 2 is 2.20 bits per heavy atom. The van der Waals surface area contributed by atoms with Crippen LogP contribution in [0, 0.1) is 0 Å². The Labute approximate surface area is 69.7 Å². The summed E-state index contributed by atoms with van der Waals surface area (Å²) in [5, 5.41) is 8.46. The lowest BCUT2D eigenvalue weighted by molar-refractivity contribution is -0.143. The van der Waals surface area contributed by atoms with E-state index in [0.29, 0.717) is 0 Å². The average molecular weight is 190 g/mol. The highest BCUT2D eigenvalue weighted by Crippen LogP contribution is 1.96. The Morgan fingerprint density at radius 3 is 2.30 bits per heavy atom. The number of aliphatic hydroxyl groups excluding tert-OH is 1. The Hall–Kier alpha value is -0.0300. The van der Waals surface area contributed by atoms with E-state index in [9.17, 15) is 4.79 Å². The maximum absolute atomic E-state index is 10.4. The lowest BCUT2D eigenvalue weighted by Gasteiger charge is -2.08. The largest absolute Gasteiger partial charge is 0.468 e. The molecule has 0 fully saturated rings. The minimum absolute atomic E-state index is 0. The third-order valence-electron chi connectivity index (χ3n) is 0.770. The minimum Gasteiger partial charge on any atom is -0.468 e. The van der Waals surface area contributed by atoms with Gasteiger partial charge in [-0.25, -0.2) is 0 Å². The molecule has 0 saturated heterocycles. The van der Waals surface area contributed by atoms with Crippen LogP contribution >= 0.6 is 24.0 Å². The van der Waals surface area contributed by atoms with E-state index in [2.05, 4.69) is 4.74 Å². The fraction of sp³-hybridized carbons (Fsp3) is 0.750. The Kier molecular flexibility index (Phi) is 7.24. The zero-order valence-corrected chi connectivity index (χ0v) is 6.85. The van der Waals surface area contributed by atoms with Crippen molar-refractivity contribution in [2.24, 2.45) is 5.73 Å². The molecule has 0 heterocycles. The maximum atomic E-state index is 10.4. The van der Waals surface area contributed by atoms with Gasteiger partial charge in [-0.3, -0.25) is 4.79 Å². The monoisotopic (exact) mass is 189 g/mol. The average Bonchev–Trinajstić information content (AvgIpc) is 1.84. The summed E-state index contributed by atoms with van der Waals surface area (Å²) in [6.07, 6.45) is 0. The van der Waals surface area contributed by atoms with Crippen molar-refractivity contribution in [3.63, 3.8) is 0 Å². The SMILES string of the molecule is COC(=O)[C@@H](N)C(O)Cl.Cl. The molecule has 0 bridgehead atoms. The van der Waals surface area contributed by atoms with Crippen molar-refractivity contribution in [1.82, 2.24) is 0 Å². The summed E-state index contributed by atoms with van der Waals surface area (Å²) in [5.74, 6) is -0.725. The Balaban J connectivity index is 0. The van der Waals surface area contributed by atoms with Crippen LogP contribution in [0.2, 0.25) is 0 Å². The van der Waals surface area contributed by atoms with E-state index in [-0.39, 0.29) is 12.4 Å². The van der Waals surface area contributed by atoms with E-state index < -0.39 is 17.6 Å². The van der Waals surface area contributed by atoms with E-state index in [4.69, 9.17) is 22.4 Å². The quantitative estimate of drug-likeness (QED) is 0.453. The van der Waals surface area contributed by atoms with Crippen LogP contribution in [0.3, 0.4) is 0 Å². The van der Waals surface area contributed by atoms with Crippen LogP contribution in [0.4, 0.5) is 0 Å². The molecule has 0 aliphatic heterocycles. The summed E-state index contributed by atoms with van der Waals surface area (Å²) < 4.78 is 4.16. The second kappa shape index (κ2) is 5.73. The first-order valence-corrected chi connectivity index (χ1v) is 2.68. The molecule has 0 radical (unpaired) electrons. The van der Waals surface area contributed by atoms with Crippen LogP contribution < -0.4 is 5.73 Å². The van der Waals surface area contributed by atoms with Crippen molar-refractivity contribution in [3.8, 4) is 0 Å². The maximum Gasteiger partial charge on any atom is 0.326 e. The summed E-state index contributed by atoms with van der Waals surface area (Å²) in [7, 11) is 1.17. The van der Waals surface area contributed by atoms with Gasteiger partial charge in [-0.2, -0.15) is 0 Å². The number of ether oxygens (including phenoxy) is 1. The predicted octanol–water partition coefficient (Wildman–Crippen LogP) is -0.534. The lowest BCUT2D eigenvalue weighted by atomic mass is 10.3. The van der Waals surface area contributed by atoms with Gasteiger partial charge >= 0.3 is 5.97 Å². The van der Waals surface area contributed by atoms with Crippen molar-refractivity contribution in [3.05, 3.63) is 0 Å². The predicted molar refractivity (Wildman–Crippen MR) is 39.1 cm³/mol. The fourth-order valence-corrected chi connectivity index (χ4v) is 0.351. The van der Waals surface area contributed by atoms with E-state index in [0.717, 1.165) is 0 Å². The first kappa shape index (κ1) is 12.6. The number of carbonyl (C=O) groups is 1. The first-order chi connectivity index (χ1) is 4.09. The molecule has 4 nitrogen and oxygen atoms in total. The molecular formula is C4H9Cl2NO3. The summed E-state index contributed by atoms with van der Waals surface area (Å²) in [5.41, 5.74) is 3.64. The fourth-order valence-electron chi connectivity index (χ4n) is 0.248. The van der Waals surface area contributed by atoms with Crippen molar-refractivity contribution in [2.45, 2.75) is 11.6 Å². The smallest absolute Gasteiger partial charge is 0.326 e. The normalized spacial score (nSPS) is 14.8. The van der Waals surface area contributed by atoms with E-state index >= 15 is 0 Å². The van der Waals surface area contributed by atoms with Crippen LogP contribution in [-0.2, 0) is 9.53 Å². The van der Waals surface area contributed by atoms with Gasteiger partial charge in [-0.05, 0) is 0 Å². The second-order valence-electron chi connectivity index (χ2n) is 1.42. The van der Waals surface area contributed by atoms with E-state index in [1.54, 1.807) is 0 Å². The van der Waals surface area contributed by atoms with Crippen LogP contribution in [0.15, 0.2) is 0 Å². The Morgan fingerprint density at radius 1 is 1.80 bits per heavy atom. The summed E-state index contributed by atoms with van der Waals surface area (Å²) in [4.78, 5) is 10.4. The molecule has 0 aromatic rings. The number of halogens is 2. The molecule has 3 N–H and O–H groups in total. The zero-order valence-electron chi connectivity index (χ0n) is 5.28. The topological polar surface area (TPSA) is 72.5 Å². The molecule has 6 heteroatoms. The molecule has 0 rings (SSSR count). The van der Waals surface area contributed by atoms with Crippen molar-refractivity contribution < 1.29 is 14.6 Å². The van der Waals surface area contributed by atoms with Gasteiger partial charge in [0.2, 0.25) is 0 Å². The van der Waals surface area contributed by atoms with Gasteiger partial charge in [0.1, 0.15) is 6.04 Å². The summed E-state index contributed by atoms with van der Waals surface area (Å²) >= 11 is 5.03. The van der Waals surface area contributed by atoms with Gasteiger partial charge in [-0.15, -0.1) is 12.4 Å². The minimum atomic E-state index is -1.38. The molecule has 0 spiro atoms. The highest BCUT2D eigenvalue weighted by molar-refractivity contribution is 6.21. The van der Waals surface area contributed by atoms with Gasteiger partial charge in [0, 0.05) is 0 Å². The number of aliphatic hydroxyl groups is 1. The molecule has 0 amide bonds. The zero-order chi connectivity index (χ0) is 7.44. The van der Waals surface area contributed by atoms with Crippen LogP contribution in [0.5, 0.6) is 0 Å². The molecule has 1 unspecified atom stereocenters. The molecule has 0 aliphatic carbocycles. The third kappa shape index (κ3) is 3.90. The van der Waals surface area contributed by atoms with Gasteiger partial charge in [0.05, 0.1) is 7.11 Å². The lowest BCUT2D eigenvalue weighted by Crippen LogP contribution is -2.39. The molecule has 2 atom stereocenters. The van der Waals surface area contributed by atoms with E-state index in [1.165, 1.54) is 7.11 Å². The standard InChI is InChI=1S/C4H8ClNO3.ClH/c1-9-4(8)2(6)3(5)7;/h2-3,7H,6H2,1H3;1H/t2-,3?;/m0./s1. The summed E-state index contributed by atoms with van der Waals surface area (Å²) in [6, 6.07) is -1.16. The van der Waals surface area contributed by atoms with Gasteiger partial charge in [-0.1, -0.05) is 11.6 Å². The van der Waals surface area contributed by atoms with Crippen molar-refractivity contribution in [2.75, 3.05) is 7.11 Å². The molecule has 10 heavy (non-hydrogen) atoms.